The molecule has 0 N–H and O–H groups in total. The number of esters is 1. The number of carbonyl (C=O) groups excluding carboxylic acids is 1. The highest BCUT2D eigenvalue weighted by atomic mass is 16.5. The summed E-state index contributed by atoms with van der Waals surface area (Å²) in [6.45, 7) is 4.54. The summed E-state index contributed by atoms with van der Waals surface area (Å²) in [6.07, 6.45) is 1.96. The molecule has 0 saturated carbocycles. The van der Waals surface area contributed by atoms with E-state index in [0.29, 0.717) is 6.61 Å². The van der Waals surface area contributed by atoms with Crippen LogP contribution >= 0.6 is 0 Å². The Bertz CT molecular complexity index is 179. The van der Waals surface area contributed by atoms with Crippen LogP contribution in [0.15, 0.2) is 0 Å². The minimum Gasteiger partial charge on any atom is -0.466 e. The number of nitrogens with zero attached hydrogens (tertiary/aromatic N) is 1. The molecule has 0 aromatic heterocycles. The average Bonchev–Trinajstić information content (AvgIpc) is 2.04. The molecule has 0 unspecified atom stereocenters. The summed E-state index contributed by atoms with van der Waals surface area (Å²) in [4.78, 5) is 11.4. The van der Waals surface area contributed by atoms with Gasteiger partial charge in [-0.2, -0.15) is 0 Å². The lowest BCUT2D eigenvalue weighted by molar-refractivity contribution is -0.895. The molecule has 1 saturated heterocycles. The van der Waals surface area contributed by atoms with E-state index in [2.05, 4.69) is 14.1 Å². The maximum Gasteiger partial charge on any atom is 0.309 e. The molecule has 1 aliphatic heterocycles. The molecule has 1 heterocycles. The van der Waals surface area contributed by atoms with Gasteiger partial charge in [0.15, 0.2) is 0 Å². The molecule has 0 aliphatic carbocycles. The number of hydrogen-bond acceptors (Lipinski definition) is 2. The predicted octanol–water partition coefficient (Wildman–Crippen LogP) is 1.04. The highest BCUT2D eigenvalue weighted by molar-refractivity contribution is 5.72. The van der Waals surface area contributed by atoms with Crippen LogP contribution in [0.5, 0.6) is 0 Å². The van der Waals surface area contributed by atoms with E-state index in [4.69, 9.17) is 4.74 Å². The van der Waals surface area contributed by atoms with E-state index < -0.39 is 0 Å². The normalized spacial score (nSPS) is 22.7. The zero-order chi connectivity index (χ0) is 9.90. The van der Waals surface area contributed by atoms with Gasteiger partial charge in [0.05, 0.1) is 39.7 Å². The first kappa shape index (κ1) is 10.5. The second-order valence-corrected chi connectivity index (χ2v) is 4.41. The van der Waals surface area contributed by atoms with Crippen molar-refractivity contribution in [3.63, 3.8) is 0 Å². The van der Waals surface area contributed by atoms with Crippen molar-refractivity contribution in [2.24, 2.45) is 5.92 Å². The summed E-state index contributed by atoms with van der Waals surface area (Å²) in [6, 6.07) is 0. The number of carbonyl (C=O) groups is 1. The molecule has 1 rings (SSSR count). The van der Waals surface area contributed by atoms with Crippen LogP contribution < -0.4 is 0 Å². The monoisotopic (exact) mass is 186 g/mol. The number of likely N-dealkylation sites (tertiary alicyclic amines) is 1. The maximum absolute atomic E-state index is 11.4. The fraction of sp³-hybridized carbons (Fsp3) is 0.900. The molecule has 0 atom stereocenters. The predicted molar refractivity (Wildman–Crippen MR) is 51.2 cm³/mol. The topological polar surface area (TPSA) is 26.3 Å². The van der Waals surface area contributed by atoms with E-state index >= 15 is 0 Å². The Morgan fingerprint density at radius 2 is 1.92 bits per heavy atom. The number of hydrogen-bond donors (Lipinski definition) is 0. The van der Waals surface area contributed by atoms with Crippen LogP contribution in [0.25, 0.3) is 0 Å². The van der Waals surface area contributed by atoms with E-state index in [9.17, 15) is 4.79 Å². The van der Waals surface area contributed by atoms with Crippen LogP contribution in [0.3, 0.4) is 0 Å². The molecule has 3 nitrogen and oxygen atoms in total. The molecular formula is C10H20NO2+. The Hall–Kier alpha value is -0.570. The Balaban J connectivity index is 2.36. The van der Waals surface area contributed by atoms with Crippen molar-refractivity contribution < 1.29 is 14.0 Å². The van der Waals surface area contributed by atoms with Crippen LogP contribution in [-0.2, 0) is 9.53 Å². The van der Waals surface area contributed by atoms with Crippen molar-refractivity contribution in [3.8, 4) is 0 Å². The lowest BCUT2D eigenvalue weighted by Crippen LogP contribution is -2.47. The summed E-state index contributed by atoms with van der Waals surface area (Å²) in [5, 5.41) is 0. The van der Waals surface area contributed by atoms with Gasteiger partial charge in [-0.1, -0.05) is 0 Å². The minimum atomic E-state index is 0.00204. The molecule has 1 fully saturated rings. The molecule has 0 bridgehead atoms. The number of piperidine rings is 1. The van der Waals surface area contributed by atoms with Gasteiger partial charge in [-0.15, -0.1) is 0 Å². The Labute approximate surface area is 80.3 Å². The fourth-order valence-electron chi connectivity index (χ4n) is 1.76. The van der Waals surface area contributed by atoms with Gasteiger partial charge < -0.3 is 9.22 Å². The van der Waals surface area contributed by atoms with Crippen molar-refractivity contribution in [1.82, 2.24) is 0 Å². The van der Waals surface area contributed by atoms with Crippen molar-refractivity contribution in [3.05, 3.63) is 0 Å². The smallest absolute Gasteiger partial charge is 0.309 e. The van der Waals surface area contributed by atoms with Crippen LogP contribution in [-0.4, -0.2) is 44.2 Å². The standard InChI is InChI=1S/C10H20NO2/c1-4-13-10(12)9-5-7-11(2,3)8-6-9/h9H,4-8H2,1-3H3/q+1. The molecule has 1 aliphatic rings. The third-order valence-corrected chi connectivity index (χ3v) is 2.79. The molecule has 13 heavy (non-hydrogen) atoms. The van der Waals surface area contributed by atoms with Gasteiger partial charge in [0.1, 0.15) is 0 Å². The van der Waals surface area contributed by atoms with Crippen molar-refractivity contribution in [2.45, 2.75) is 19.8 Å². The van der Waals surface area contributed by atoms with Crippen LogP contribution in [0.1, 0.15) is 19.8 Å². The van der Waals surface area contributed by atoms with Crippen LogP contribution in [0.2, 0.25) is 0 Å². The number of ether oxygens (including phenoxy) is 1. The highest BCUT2D eigenvalue weighted by Gasteiger charge is 2.31. The third-order valence-electron chi connectivity index (χ3n) is 2.79. The Morgan fingerprint density at radius 3 is 2.38 bits per heavy atom. The van der Waals surface area contributed by atoms with Gasteiger partial charge in [0.25, 0.3) is 0 Å². The average molecular weight is 186 g/mol. The molecule has 0 aromatic carbocycles. The third kappa shape index (κ3) is 2.99. The molecule has 76 valence electrons. The van der Waals surface area contributed by atoms with Gasteiger partial charge in [-0.3, -0.25) is 4.79 Å². The van der Waals surface area contributed by atoms with Gasteiger partial charge in [-0.25, -0.2) is 0 Å². The number of rotatable bonds is 2. The summed E-state index contributed by atoms with van der Waals surface area (Å²) >= 11 is 0. The molecule has 0 aromatic rings. The molecule has 0 spiro atoms. The van der Waals surface area contributed by atoms with Crippen LogP contribution in [0, 0.1) is 5.92 Å². The summed E-state index contributed by atoms with van der Waals surface area (Å²) < 4.78 is 6.04. The molecule has 0 amide bonds. The van der Waals surface area contributed by atoms with Crippen LogP contribution in [0.4, 0.5) is 0 Å². The second kappa shape index (κ2) is 4.09. The largest absolute Gasteiger partial charge is 0.466 e. The first-order chi connectivity index (χ1) is 6.05. The zero-order valence-electron chi connectivity index (χ0n) is 8.88. The zero-order valence-corrected chi connectivity index (χ0v) is 8.88. The molecule has 0 radical (unpaired) electrons. The van der Waals surface area contributed by atoms with E-state index in [-0.39, 0.29) is 11.9 Å². The fourth-order valence-corrected chi connectivity index (χ4v) is 1.76. The summed E-state index contributed by atoms with van der Waals surface area (Å²) in [5.74, 6) is 0.160. The molecular weight excluding hydrogens is 166 g/mol. The minimum absolute atomic E-state index is 0.00204. The lowest BCUT2D eigenvalue weighted by Gasteiger charge is -2.36. The first-order valence-corrected chi connectivity index (χ1v) is 5.04. The highest BCUT2D eigenvalue weighted by Crippen LogP contribution is 2.21. The van der Waals surface area contributed by atoms with Crippen molar-refractivity contribution in [2.75, 3.05) is 33.8 Å². The SMILES string of the molecule is CCOC(=O)C1CC[N+](C)(C)CC1. The van der Waals surface area contributed by atoms with E-state index in [1.807, 2.05) is 6.92 Å². The quantitative estimate of drug-likeness (QED) is 0.476. The Kier molecular flexibility index (Phi) is 3.31. The van der Waals surface area contributed by atoms with Gasteiger partial charge in [0.2, 0.25) is 0 Å². The summed E-state index contributed by atoms with van der Waals surface area (Å²) in [5.41, 5.74) is 0. The first-order valence-electron chi connectivity index (χ1n) is 5.04. The number of quaternary nitrogens is 1. The maximum atomic E-state index is 11.4. The second-order valence-electron chi connectivity index (χ2n) is 4.41. The van der Waals surface area contributed by atoms with Crippen molar-refractivity contribution in [1.29, 1.82) is 0 Å². The molecule has 3 heteroatoms. The van der Waals surface area contributed by atoms with Gasteiger partial charge >= 0.3 is 5.97 Å². The van der Waals surface area contributed by atoms with Gasteiger partial charge in [-0.05, 0) is 6.92 Å². The van der Waals surface area contributed by atoms with E-state index in [0.717, 1.165) is 30.4 Å². The summed E-state index contributed by atoms with van der Waals surface area (Å²) in [7, 11) is 4.42. The lowest BCUT2D eigenvalue weighted by atomic mass is 9.96. The Morgan fingerprint density at radius 1 is 1.38 bits per heavy atom. The van der Waals surface area contributed by atoms with E-state index in [1.165, 1.54) is 0 Å². The van der Waals surface area contributed by atoms with Gasteiger partial charge in [0, 0.05) is 12.8 Å². The van der Waals surface area contributed by atoms with Crippen molar-refractivity contribution >= 4 is 5.97 Å². The van der Waals surface area contributed by atoms with E-state index in [1.54, 1.807) is 0 Å².